The molecule has 2 rings (SSSR count). The maximum atomic E-state index is 12.1. The first-order chi connectivity index (χ1) is 8.38. The molecule has 0 atom stereocenters. The summed E-state index contributed by atoms with van der Waals surface area (Å²) < 4.78 is 27.3. The number of nitrogen functional groups attached to an aromatic ring is 1. The van der Waals surface area contributed by atoms with Gasteiger partial charge in [0, 0.05) is 5.69 Å². The van der Waals surface area contributed by atoms with Gasteiger partial charge in [0.15, 0.2) is 5.13 Å². The first-order valence-electron chi connectivity index (χ1n) is 4.89. The minimum Gasteiger partial charge on any atom is -0.399 e. The number of nitrogens with one attached hydrogen (secondary N) is 1. The highest BCUT2D eigenvalue weighted by molar-refractivity contribution is 9.11. The standard InChI is InChI=1S/C10H10BrN3O2S2/c1-6-4-7(2-3-8(6)12)18(15,16)14-10-13-5-9(11)17-10/h2-5H,12H2,1H3,(H,13,14). The summed E-state index contributed by atoms with van der Waals surface area (Å²) in [6.45, 7) is 1.76. The molecule has 18 heavy (non-hydrogen) atoms. The quantitative estimate of drug-likeness (QED) is 0.835. The molecule has 2 aromatic rings. The zero-order chi connectivity index (χ0) is 13.3. The predicted molar refractivity (Wildman–Crippen MR) is 76.2 cm³/mol. The topological polar surface area (TPSA) is 85.1 Å². The summed E-state index contributed by atoms with van der Waals surface area (Å²) in [5.74, 6) is 0. The minimum atomic E-state index is -3.62. The van der Waals surface area contributed by atoms with Crippen LogP contribution in [-0.2, 0) is 10.0 Å². The second-order valence-corrected chi connectivity index (χ2v) is 7.69. The van der Waals surface area contributed by atoms with Gasteiger partial charge in [-0.3, -0.25) is 4.72 Å². The summed E-state index contributed by atoms with van der Waals surface area (Å²) in [5.41, 5.74) is 6.94. The van der Waals surface area contributed by atoms with Crippen LogP contribution < -0.4 is 10.5 Å². The maximum absolute atomic E-state index is 12.1. The van der Waals surface area contributed by atoms with Gasteiger partial charge in [0.25, 0.3) is 10.0 Å². The Morgan fingerprint density at radius 3 is 2.72 bits per heavy atom. The van der Waals surface area contributed by atoms with E-state index in [1.807, 2.05) is 0 Å². The Hall–Kier alpha value is -1.12. The van der Waals surface area contributed by atoms with Crippen molar-refractivity contribution in [1.82, 2.24) is 4.98 Å². The van der Waals surface area contributed by atoms with E-state index in [1.165, 1.54) is 29.7 Å². The lowest BCUT2D eigenvalue weighted by atomic mass is 10.2. The number of thiazole rings is 1. The van der Waals surface area contributed by atoms with E-state index >= 15 is 0 Å². The van der Waals surface area contributed by atoms with Crippen LogP contribution in [0.2, 0.25) is 0 Å². The highest BCUT2D eigenvalue weighted by atomic mass is 79.9. The molecule has 5 nitrogen and oxygen atoms in total. The van der Waals surface area contributed by atoms with Crippen molar-refractivity contribution in [3.8, 4) is 0 Å². The number of halogens is 1. The third-order valence-corrected chi connectivity index (χ3v) is 5.11. The lowest BCUT2D eigenvalue weighted by Crippen LogP contribution is -2.13. The number of nitrogens with two attached hydrogens (primary N) is 1. The highest BCUT2D eigenvalue weighted by Gasteiger charge is 2.16. The Labute approximate surface area is 117 Å². The smallest absolute Gasteiger partial charge is 0.263 e. The van der Waals surface area contributed by atoms with E-state index in [0.717, 1.165) is 9.35 Å². The second-order valence-electron chi connectivity index (χ2n) is 3.59. The van der Waals surface area contributed by atoms with Gasteiger partial charge in [0.05, 0.1) is 14.9 Å². The molecule has 0 amide bonds. The normalized spacial score (nSPS) is 11.4. The van der Waals surface area contributed by atoms with Gasteiger partial charge in [-0.25, -0.2) is 13.4 Å². The molecule has 0 bridgehead atoms. The van der Waals surface area contributed by atoms with Crippen molar-refractivity contribution < 1.29 is 8.42 Å². The van der Waals surface area contributed by atoms with Crippen LogP contribution >= 0.6 is 27.3 Å². The van der Waals surface area contributed by atoms with Gasteiger partial charge in [-0.1, -0.05) is 11.3 Å². The van der Waals surface area contributed by atoms with Gasteiger partial charge in [-0.15, -0.1) is 0 Å². The predicted octanol–water partition coefficient (Wildman–Crippen LogP) is 2.60. The SMILES string of the molecule is Cc1cc(S(=O)(=O)Nc2ncc(Br)s2)ccc1N. The van der Waals surface area contributed by atoms with E-state index in [1.54, 1.807) is 13.0 Å². The van der Waals surface area contributed by atoms with Crippen molar-refractivity contribution in [2.24, 2.45) is 0 Å². The van der Waals surface area contributed by atoms with Crippen molar-refractivity contribution in [3.63, 3.8) is 0 Å². The Balaban J connectivity index is 2.33. The van der Waals surface area contributed by atoms with Crippen molar-refractivity contribution in [3.05, 3.63) is 33.7 Å². The largest absolute Gasteiger partial charge is 0.399 e. The van der Waals surface area contributed by atoms with Crippen LogP contribution in [0.1, 0.15) is 5.56 Å². The number of aryl methyl sites for hydroxylation is 1. The zero-order valence-electron chi connectivity index (χ0n) is 9.34. The van der Waals surface area contributed by atoms with Crippen molar-refractivity contribution >= 4 is 48.1 Å². The molecule has 0 unspecified atom stereocenters. The number of rotatable bonds is 3. The Kier molecular flexibility index (Phi) is 3.60. The summed E-state index contributed by atoms with van der Waals surface area (Å²) in [6, 6.07) is 4.56. The van der Waals surface area contributed by atoms with Crippen molar-refractivity contribution in [2.75, 3.05) is 10.5 Å². The molecule has 0 aliphatic rings. The van der Waals surface area contributed by atoms with Gasteiger partial charge in [0.2, 0.25) is 0 Å². The molecule has 0 spiro atoms. The van der Waals surface area contributed by atoms with E-state index in [-0.39, 0.29) is 4.90 Å². The third-order valence-electron chi connectivity index (χ3n) is 2.25. The molecule has 0 aliphatic heterocycles. The fraction of sp³-hybridized carbons (Fsp3) is 0.100. The maximum Gasteiger partial charge on any atom is 0.263 e. The monoisotopic (exact) mass is 347 g/mol. The Morgan fingerprint density at radius 2 is 2.17 bits per heavy atom. The molecule has 8 heteroatoms. The van der Waals surface area contributed by atoms with Crippen LogP contribution in [0.3, 0.4) is 0 Å². The average molecular weight is 348 g/mol. The second kappa shape index (κ2) is 4.87. The van der Waals surface area contributed by atoms with Gasteiger partial charge in [0.1, 0.15) is 0 Å². The molecule has 0 saturated heterocycles. The van der Waals surface area contributed by atoms with Crippen LogP contribution in [0.4, 0.5) is 10.8 Å². The molecule has 1 aromatic heterocycles. The molecule has 1 aromatic carbocycles. The van der Waals surface area contributed by atoms with Crippen molar-refractivity contribution in [2.45, 2.75) is 11.8 Å². The van der Waals surface area contributed by atoms with E-state index in [2.05, 4.69) is 25.6 Å². The van der Waals surface area contributed by atoms with Crippen LogP contribution in [0.25, 0.3) is 0 Å². The van der Waals surface area contributed by atoms with Gasteiger partial charge in [-0.2, -0.15) is 0 Å². The summed E-state index contributed by atoms with van der Waals surface area (Å²) in [6.07, 6.45) is 1.54. The van der Waals surface area contributed by atoms with E-state index < -0.39 is 10.0 Å². The Bertz CT molecular complexity index is 682. The van der Waals surface area contributed by atoms with Gasteiger partial charge >= 0.3 is 0 Å². The first kappa shape index (κ1) is 13.3. The number of aromatic nitrogens is 1. The lowest BCUT2D eigenvalue weighted by molar-refractivity contribution is 0.601. The zero-order valence-corrected chi connectivity index (χ0v) is 12.6. The number of nitrogens with zero attached hydrogens (tertiary/aromatic N) is 1. The van der Waals surface area contributed by atoms with E-state index in [4.69, 9.17) is 5.73 Å². The highest BCUT2D eigenvalue weighted by Crippen LogP contribution is 2.26. The number of benzene rings is 1. The van der Waals surface area contributed by atoms with Crippen LogP contribution in [0.5, 0.6) is 0 Å². The summed E-state index contributed by atoms with van der Waals surface area (Å²) in [7, 11) is -3.62. The average Bonchev–Trinajstić information content (AvgIpc) is 2.67. The fourth-order valence-electron chi connectivity index (χ4n) is 1.29. The number of anilines is 2. The summed E-state index contributed by atoms with van der Waals surface area (Å²) in [4.78, 5) is 4.09. The summed E-state index contributed by atoms with van der Waals surface area (Å²) >= 11 is 4.43. The van der Waals surface area contributed by atoms with E-state index in [0.29, 0.717) is 10.8 Å². The van der Waals surface area contributed by atoms with Gasteiger partial charge in [-0.05, 0) is 46.6 Å². The number of sulfonamides is 1. The Morgan fingerprint density at radius 1 is 1.44 bits per heavy atom. The van der Waals surface area contributed by atoms with Gasteiger partial charge < -0.3 is 5.73 Å². The van der Waals surface area contributed by atoms with Crippen molar-refractivity contribution in [1.29, 1.82) is 0 Å². The fourth-order valence-corrected chi connectivity index (χ4v) is 3.72. The number of hydrogen-bond donors (Lipinski definition) is 2. The lowest BCUT2D eigenvalue weighted by Gasteiger charge is -2.07. The molecule has 0 fully saturated rings. The summed E-state index contributed by atoms with van der Waals surface area (Å²) in [5, 5.41) is 0.316. The minimum absolute atomic E-state index is 0.167. The van der Waals surface area contributed by atoms with E-state index in [9.17, 15) is 8.42 Å². The molecule has 1 heterocycles. The molecular formula is C10H10BrN3O2S2. The molecule has 0 radical (unpaired) electrons. The molecule has 96 valence electrons. The number of hydrogen-bond acceptors (Lipinski definition) is 5. The molecule has 0 aliphatic carbocycles. The molecule has 0 saturated carbocycles. The van der Waals surface area contributed by atoms with Crippen LogP contribution in [0, 0.1) is 6.92 Å². The van der Waals surface area contributed by atoms with Crippen LogP contribution in [0.15, 0.2) is 33.1 Å². The molecule has 3 N–H and O–H groups in total. The van der Waals surface area contributed by atoms with Crippen LogP contribution in [-0.4, -0.2) is 13.4 Å². The first-order valence-corrected chi connectivity index (χ1v) is 7.98. The molecular weight excluding hydrogens is 338 g/mol. The third kappa shape index (κ3) is 2.82.